The molecule has 0 atom stereocenters. The third kappa shape index (κ3) is 5.75. The number of rotatable bonds is 9. The molecule has 0 aromatic heterocycles. The molecule has 0 saturated carbocycles. The summed E-state index contributed by atoms with van der Waals surface area (Å²) in [4.78, 5) is 0. The van der Waals surface area contributed by atoms with Gasteiger partial charge in [-0.15, -0.1) is 0 Å². The van der Waals surface area contributed by atoms with Gasteiger partial charge >= 0.3 is 0 Å². The van der Waals surface area contributed by atoms with Gasteiger partial charge in [-0.1, -0.05) is 124 Å². The lowest BCUT2D eigenvalue weighted by atomic mass is 9.90. The summed E-state index contributed by atoms with van der Waals surface area (Å²) in [6, 6.07) is 33.0. The van der Waals surface area contributed by atoms with Crippen molar-refractivity contribution < 1.29 is 0 Å². The largest absolute Gasteiger partial charge is 0.0837 e. The van der Waals surface area contributed by atoms with Crippen molar-refractivity contribution in [3.63, 3.8) is 0 Å². The van der Waals surface area contributed by atoms with Crippen LogP contribution in [0.5, 0.6) is 0 Å². The minimum absolute atomic E-state index is 0.831. The van der Waals surface area contributed by atoms with Crippen molar-refractivity contribution in [3.8, 4) is 33.4 Å². The Hall–Kier alpha value is -2.83. The molecule has 168 valence electrons. The van der Waals surface area contributed by atoms with Gasteiger partial charge in [0.05, 0.1) is 0 Å². The van der Waals surface area contributed by atoms with Crippen molar-refractivity contribution in [2.75, 3.05) is 0 Å². The molecular weight excluding hydrogens is 420 g/mol. The molecule has 0 saturated heterocycles. The van der Waals surface area contributed by atoms with E-state index in [1.807, 2.05) is 0 Å². The number of unbranched alkanes of at least 4 members (excludes halogenated alkanes) is 2. The Balaban J connectivity index is 1.74. The molecule has 0 aliphatic carbocycles. The number of hydrogen-bond acceptors (Lipinski definition) is 0. The summed E-state index contributed by atoms with van der Waals surface area (Å²) < 4.78 is 0. The van der Waals surface area contributed by atoms with Gasteiger partial charge in [0.25, 0.3) is 0 Å². The van der Waals surface area contributed by atoms with Gasteiger partial charge in [0.2, 0.25) is 0 Å². The first-order chi connectivity index (χ1) is 16.2. The van der Waals surface area contributed by atoms with Crippen molar-refractivity contribution in [1.82, 2.24) is 0 Å². The number of benzene rings is 4. The fourth-order valence-corrected chi connectivity index (χ4v) is 4.78. The highest BCUT2D eigenvalue weighted by Gasteiger charge is 2.13. The van der Waals surface area contributed by atoms with Crippen LogP contribution in [0.15, 0.2) is 91.0 Å². The van der Waals surface area contributed by atoms with Crippen LogP contribution >= 0.6 is 11.6 Å². The molecular formula is C32H33Cl. The predicted octanol–water partition coefficient (Wildman–Crippen LogP) is 10.0. The van der Waals surface area contributed by atoms with Gasteiger partial charge < -0.3 is 0 Å². The number of halogens is 1. The minimum atomic E-state index is 0.831. The first kappa shape index (κ1) is 23.3. The molecule has 33 heavy (non-hydrogen) atoms. The molecule has 1 heteroatoms. The van der Waals surface area contributed by atoms with Gasteiger partial charge in [0.15, 0.2) is 0 Å². The zero-order valence-corrected chi connectivity index (χ0v) is 20.5. The summed E-state index contributed by atoms with van der Waals surface area (Å²) >= 11 is 6.84. The van der Waals surface area contributed by atoms with Crippen LogP contribution < -0.4 is 0 Å². The molecule has 0 bridgehead atoms. The zero-order chi connectivity index (χ0) is 23.0. The second-order valence-electron chi connectivity index (χ2n) is 8.84. The SMILES string of the molecule is CCCCCc1ccc(-c2ccc(-c3ccc(CCC)cc3)cc2-c2ccccc2)c(Cl)c1. The number of hydrogen-bond donors (Lipinski definition) is 0. The van der Waals surface area contributed by atoms with E-state index >= 15 is 0 Å². The first-order valence-corrected chi connectivity index (χ1v) is 12.6. The van der Waals surface area contributed by atoms with Crippen LogP contribution in [0.1, 0.15) is 50.7 Å². The van der Waals surface area contributed by atoms with Crippen molar-refractivity contribution in [3.05, 3.63) is 107 Å². The van der Waals surface area contributed by atoms with E-state index in [-0.39, 0.29) is 0 Å². The van der Waals surface area contributed by atoms with Crippen LogP contribution in [0.25, 0.3) is 33.4 Å². The van der Waals surface area contributed by atoms with E-state index in [4.69, 9.17) is 11.6 Å². The van der Waals surface area contributed by atoms with Crippen LogP contribution in [0.4, 0.5) is 0 Å². The Labute approximate surface area is 204 Å². The van der Waals surface area contributed by atoms with Crippen molar-refractivity contribution >= 4 is 11.6 Å². The Kier molecular flexibility index (Phi) is 8.02. The highest BCUT2D eigenvalue weighted by Crippen LogP contribution is 2.39. The predicted molar refractivity (Wildman–Crippen MR) is 145 cm³/mol. The van der Waals surface area contributed by atoms with E-state index in [2.05, 4.69) is 105 Å². The molecule has 4 aromatic rings. The molecule has 0 amide bonds. The van der Waals surface area contributed by atoms with E-state index in [1.54, 1.807) is 0 Å². The quantitative estimate of drug-likeness (QED) is 0.221. The zero-order valence-electron chi connectivity index (χ0n) is 19.8. The molecule has 0 fully saturated rings. The van der Waals surface area contributed by atoms with Crippen molar-refractivity contribution in [2.24, 2.45) is 0 Å². The first-order valence-electron chi connectivity index (χ1n) is 12.3. The molecule has 0 heterocycles. The van der Waals surface area contributed by atoms with E-state index < -0.39 is 0 Å². The maximum atomic E-state index is 6.84. The van der Waals surface area contributed by atoms with Crippen molar-refractivity contribution in [1.29, 1.82) is 0 Å². The topological polar surface area (TPSA) is 0 Å². The average Bonchev–Trinajstić information content (AvgIpc) is 2.85. The maximum absolute atomic E-state index is 6.84. The van der Waals surface area contributed by atoms with Gasteiger partial charge in [-0.25, -0.2) is 0 Å². The lowest BCUT2D eigenvalue weighted by molar-refractivity contribution is 0.717. The number of aryl methyl sites for hydroxylation is 2. The third-order valence-electron chi connectivity index (χ3n) is 6.32. The van der Waals surface area contributed by atoms with Gasteiger partial charge in [-0.2, -0.15) is 0 Å². The molecule has 0 spiro atoms. The lowest BCUT2D eigenvalue weighted by Gasteiger charge is -2.15. The Morgan fingerprint density at radius 3 is 1.91 bits per heavy atom. The van der Waals surface area contributed by atoms with E-state index in [9.17, 15) is 0 Å². The smallest absolute Gasteiger partial charge is 0.0487 e. The van der Waals surface area contributed by atoms with E-state index in [1.165, 1.54) is 64.6 Å². The molecule has 0 aliphatic heterocycles. The molecule has 4 aromatic carbocycles. The summed E-state index contributed by atoms with van der Waals surface area (Å²) in [7, 11) is 0. The molecule has 4 rings (SSSR count). The standard InChI is InChI=1S/C32H33Cl/c1-3-5-7-11-25-16-20-30(32(33)22-25)29-21-19-28(23-31(29)27-12-8-6-9-13-27)26-17-14-24(10-4-2)15-18-26/h6,8-9,12-23H,3-5,7,10-11H2,1-2H3. The average molecular weight is 453 g/mol. The Morgan fingerprint density at radius 2 is 1.21 bits per heavy atom. The van der Waals surface area contributed by atoms with Crippen LogP contribution in [0.3, 0.4) is 0 Å². The van der Waals surface area contributed by atoms with Gasteiger partial charge in [-0.05, 0) is 70.3 Å². The summed E-state index contributed by atoms with van der Waals surface area (Å²) in [6.07, 6.45) is 7.10. The molecule has 0 radical (unpaired) electrons. The van der Waals surface area contributed by atoms with E-state index in [0.29, 0.717) is 0 Å². The van der Waals surface area contributed by atoms with Gasteiger partial charge in [0, 0.05) is 10.6 Å². The summed E-state index contributed by atoms with van der Waals surface area (Å²) in [5.41, 5.74) is 9.89. The monoisotopic (exact) mass is 452 g/mol. The summed E-state index contributed by atoms with van der Waals surface area (Å²) in [5, 5.41) is 0.831. The molecule has 0 N–H and O–H groups in total. The highest BCUT2D eigenvalue weighted by atomic mass is 35.5. The van der Waals surface area contributed by atoms with E-state index in [0.717, 1.165) is 23.4 Å². The minimum Gasteiger partial charge on any atom is -0.0837 e. The highest BCUT2D eigenvalue weighted by molar-refractivity contribution is 6.33. The normalized spacial score (nSPS) is 11.0. The summed E-state index contributed by atoms with van der Waals surface area (Å²) in [6.45, 7) is 4.46. The Bertz CT molecular complexity index is 1170. The Morgan fingerprint density at radius 1 is 0.515 bits per heavy atom. The fourth-order valence-electron chi connectivity index (χ4n) is 4.48. The second kappa shape index (κ2) is 11.3. The molecule has 0 unspecified atom stereocenters. The lowest BCUT2D eigenvalue weighted by Crippen LogP contribution is -1.91. The molecule has 0 nitrogen and oxygen atoms in total. The van der Waals surface area contributed by atoms with Crippen LogP contribution in [-0.4, -0.2) is 0 Å². The third-order valence-corrected chi connectivity index (χ3v) is 6.64. The summed E-state index contributed by atoms with van der Waals surface area (Å²) in [5.74, 6) is 0. The molecule has 0 aliphatic rings. The van der Waals surface area contributed by atoms with Crippen molar-refractivity contribution in [2.45, 2.75) is 52.4 Å². The van der Waals surface area contributed by atoms with Gasteiger partial charge in [-0.3, -0.25) is 0 Å². The second-order valence-corrected chi connectivity index (χ2v) is 9.25. The van der Waals surface area contributed by atoms with Crippen LogP contribution in [0, 0.1) is 0 Å². The van der Waals surface area contributed by atoms with Crippen LogP contribution in [-0.2, 0) is 12.8 Å². The van der Waals surface area contributed by atoms with Crippen LogP contribution in [0.2, 0.25) is 5.02 Å². The fraction of sp³-hybridized carbons (Fsp3) is 0.250. The maximum Gasteiger partial charge on any atom is 0.0487 e. The van der Waals surface area contributed by atoms with Gasteiger partial charge in [0.1, 0.15) is 0 Å².